The van der Waals surface area contributed by atoms with Crippen LogP contribution in [-0.2, 0) is 36.6 Å². The van der Waals surface area contributed by atoms with Gasteiger partial charge in [0.15, 0.2) is 16.7 Å². The Hall–Kier alpha value is -7.40. The van der Waals surface area contributed by atoms with Gasteiger partial charge < -0.3 is 29.9 Å². The predicted octanol–water partition coefficient (Wildman–Crippen LogP) is 9.15. The largest absolute Gasteiger partial charge is 0.492 e. The molecular formula is C53H52F5N9O6S2. The molecule has 0 radical (unpaired) electrons. The topological polar surface area (TPSA) is 194 Å². The predicted molar refractivity (Wildman–Crippen MR) is 273 cm³/mol. The number of thiocarbonyl (C=S) groups is 1. The molecule has 392 valence electrons. The fraction of sp³-hybridized carbons (Fsp3) is 0.377. The molecular weight excluding hydrogens is 1020 g/mol. The molecule has 2 unspecified atom stereocenters. The number of anilines is 2. The second kappa shape index (κ2) is 22.6. The van der Waals surface area contributed by atoms with Crippen LogP contribution in [0.1, 0.15) is 88.2 Å². The highest BCUT2D eigenvalue weighted by Crippen LogP contribution is 2.42. The zero-order valence-electron chi connectivity index (χ0n) is 41.7. The number of nitriles is 2. The van der Waals surface area contributed by atoms with Gasteiger partial charge in [0, 0.05) is 31.3 Å². The molecule has 5 aromatic rings. The second-order valence-electron chi connectivity index (χ2n) is 19.4. The van der Waals surface area contributed by atoms with E-state index in [2.05, 4.69) is 20.6 Å². The number of amides is 4. The first-order valence-corrected chi connectivity index (χ1v) is 25.0. The molecule has 75 heavy (non-hydrogen) atoms. The van der Waals surface area contributed by atoms with E-state index in [1.165, 1.54) is 44.3 Å². The van der Waals surface area contributed by atoms with Crippen LogP contribution < -0.4 is 25.2 Å². The highest BCUT2D eigenvalue weighted by molar-refractivity contribution is 7.81. The minimum Gasteiger partial charge on any atom is -0.492 e. The summed E-state index contributed by atoms with van der Waals surface area (Å²) in [4.78, 5) is 67.0. The van der Waals surface area contributed by atoms with Crippen molar-refractivity contribution in [1.29, 1.82) is 10.5 Å². The van der Waals surface area contributed by atoms with Gasteiger partial charge in [0.1, 0.15) is 47.3 Å². The molecule has 3 aromatic carbocycles. The maximum atomic E-state index is 15.9. The summed E-state index contributed by atoms with van der Waals surface area (Å²) in [7, 11) is 0. The third kappa shape index (κ3) is 11.9. The third-order valence-electron chi connectivity index (χ3n) is 12.8. The van der Waals surface area contributed by atoms with Crippen molar-refractivity contribution in [3.63, 3.8) is 0 Å². The highest BCUT2D eigenvalue weighted by Gasteiger charge is 2.52. The first-order valence-electron chi connectivity index (χ1n) is 23.7. The van der Waals surface area contributed by atoms with E-state index < -0.39 is 74.6 Å². The van der Waals surface area contributed by atoms with Crippen molar-refractivity contribution in [3.8, 4) is 39.6 Å². The molecule has 22 heteroatoms. The molecule has 15 nitrogen and oxygen atoms in total. The quantitative estimate of drug-likeness (QED) is 0.0510. The number of hydrogen-bond donors (Lipinski definition) is 2. The lowest BCUT2D eigenvalue weighted by Gasteiger charge is -2.35. The fourth-order valence-electron chi connectivity index (χ4n) is 8.84. The number of ether oxygens (including phenoxy) is 2. The lowest BCUT2D eigenvalue weighted by Crippen LogP contribution is -2.58. The number of likely N-dealkylation sites (tertiary alicyclic amines) is 1. The lowest BCUT2D eigenvalue weighted by atomic mass is 9.85. The molecule has 2 aliphatic heterocycles. The van der Waals surface area contributed by atoms with Gasteiger partial charge in [-0.1, -0.05) is 45.0 Å². The number of carbonyl (C=O) groups is 4. The molecule has 0 aliphatic carbocycles. The first-order chi connectivity index (χ1) is 35.5. The number of thiazole rings is 1. The van der Waals surface area contributed by atoms with E-state index >= 15 is 8.78 Å². The van der Waals surface area contributed by atoms with Crippen LogP contribution in [0, 0.1) is 46.6 Å². The van der Waals surface area contributed by atoms with E-state index in [0.717, 1.165) is 44.8 Å². The number of nitrogens with zero attached hydrogens (tertiary/aromatic N) is 7. The summed E-state index contributed by atoms with van der Waals surface area (Å²) < 4.78 is 84.3. The molecule has 4 heterocycles. The molecule has 2 aromatic heterocycles. The number of aromatic nitrogens is 2. The van der Waals surface area contributed by atoms with Crippen molar-refractivity contribution >= 4 is 63.7 Å². The van der Waals surface area contributed by atoms with Crippen LogP contribution in [0.3, 0.4) is 0 Å². The van der Waals surface area contributed by atoms with Gasteiger partial charge in [-0.3, -0.25) is 29.1 Å². The average molecular weight is 1070 g/mol. The van der Waals surface area contributed by atoms with Crippen LogP contribution >= 0.6 is 23.6 Å². The molecule has 0 spiro atoms. The van der Waals surface area contributed by atoms with Crippen LogP contribution in [0.15, 0.2) is 72.4 Å². The molecule has 2 aliphatic rings. The maximum absolute atomic E-state index is 15.9. The third-order valence-corrected chi connectivity index (χ3v) is 14.1. The molecule has 4 amide bonds. The Morgan fingerprint density at radius 2 is 1.65 bits per heavy atom. The normalized spacial score (nSPS) is 15.9. The highest BCUT2D eigenvalue weighted by atomic mass is 32.1. The van der Waals surface area contributed by atoms with Gasteiger partial charge in [-0.05, 0) is 106 Å². The van der Waals surface area contributed by atoms with E-state index in [0.29, 0.717) is 43.7 Å². The molecule has 0 saturated carbocycles. The van der Waals surface area contributed by atoms with E-state index in [9.17, 15) is 42.9 Å². The van der Waals surface area contributed by atoms with Gasteiger partial charge in [-0.15, -0.1) is 11.3 Å². The van der Waals surface area contributed by atoms with Gasteiger partial charge in [0.2, 0.25) is 17.7 Å². The van der Waals surface area contributed by atoms with Crippen LogP contribution in [-0.4, -0.2) is 87.6 Å². The van der Waals surface area contributed by atoms with E-state index in [1.54, 1.807) is 21.7 Å². The van der Waals surface area contributed by atoms with Gasteiger partial charge in [-0.25, -0.2) is 13.8 Å². The van der Waals surface area contributed by atoms with Crippen LogP contribution in [0.2, 0.25) is 0 Å². The number of nitrogens with one attached hydrogen (secondary N) is 2. The summed E-state index contributed by atoms with van der Waals surface area (Å²) in [5.74, 6) is -4.62. The number of alkyl halides is 3. The summed E-state index contributed by atoms with van der Waals surface area (Å²) in [6, 6.07) is 16.5. The van der Waals surface area contributed by atoms with Crippen molar-refractivity contribution in [2.45, 2.75) is 97.6 Å². The van der Waals surface area contributed by atoms with Gasteiger partial charge in [0.05, 0.1) is 57.5 Å². The summed E-state index contributed by atoms with van der Waals surface area (Å²) in [6.45, 7) is 10.9. The maximum Gasteiger partial charge on any atom is 0.420 e. The number of carbonyl (C=O) groups excluding carboxylic acids is 4. The monoisotopic (exact) mass is 1070 g/mol. The Morgan fingerprint density at radius 3 is 2.29 bits per heavy atom. The number of unbranched alkanes of at least 4 members (excludes halogenated alkanes) is 1. The van der Waals surface area contributed by atoms with Crippen LogP contribution in [0.5, 0.6) is 5.75 Å². The Morgan fingerprint density at radius 1 is 0.960 bits per heavy atom. The van der Waals surface area contributed by atoms with Crippen molar-refractivity contribution < 1.29 is 50.6 Å². The lowest BCUT2D eigenvalue weighted by molar-refractivity contribution is -0.144. The number of halogens is 5. The minimum atomic E-state index is -5.27. The van der Waals surface area contributed by atoms with Crippen molar-refractivity contribution in [2.24, 2.45) is 5.41 Å². The Bertz CT molecular complexity index is 3110. The van der Waals surface area contributed by atoms with Crippen molar-refractivity contribution in [2.75, 3.05) is 36.2 Å². The summed E-state index contributed by atoms with van der Waals surface area (Å²) in [5, 5.41) is 24.5. The number of pyridine rings is 1. The minimum absolute atomic E-state index is 0.0597. The first kappa shape index (κ1) is 55.4. The average Bonchev–Trinajstić information content (AvgIpc) is 4.07. The summed E-state index contributed by atoms with van der Waals surface area (Å²) >= 11 is 7.02. The summed E-state index contributed by atoms with van der Waals surface area (Å²) in [6.07, 6.45) is -2.03. The number of rotatable bonds is 17. The molecule has 2 saturated heterocycles. The molecule has 0 bridgehead atoms. The SMILES string of the molecule is Cc1ncsc1-c1ccc(CNC(=O)C2CCCN2C(=O)C(NC(=O)COCCCCOc2ccc(-c3ncc(N4C(=S)N(c5ccc(C#N)c(C(F)(F)F)c5F)C(=O)C4(C)C)cc3F)cc2C#N)C(C)(C)C)cc1. The van der Waals surface area contributed by atoms with E-state index in [4.69, 9.17) is 21.7 Å². The Balaban J connectivity index is 0.881. The number of benzene rings is 3. The van der Waals surface area contributed by atoms with E-state index in [-0.39, 0.29) is 59.9 Å². The zero-order chi connectivity index (χ0) is 54.6. The molecule has 2 atom stereocenters. The van der Waals surface area contributed by atoms with Crippen molar-refractivity contribution in [3.05, 3.63) is 112 Å². The fourth-order valence-corrected chi connectivity index (χ4v) is 10.2. The Kier molecular flexibility index (Phi) is 16.7. The van der Waals surface area contributed by atoms with Gasteiger partial charge in [-0.2, -0.15) is 23.7 Å². The molecule has 2 N–H and O–H groups in total. The smallest absolute Gasteiger partial charge is 0.420 e. The molecule has 2 fully saturated rings. The number of hydrogen-bond acceptors (Lipinski definition) is 12. The Labute approximate surface area is 439 Å². The van der Waals surface area contributed by atoms with Crippen molar-refractivity contribution in [1.82, 2.24) is 25.5 Å². The number of aryl methyl sites for hydroxylation is 1. The van der Waals surface area contributed by atoms with Gasteiger partial charge >= 0.3 is 6.18 Å². The van der Waals surface area contributed by atoms with Crippen LogP contribution in [0.25, 0.3) is 21.7 Å². The second-order valence-corrected chi connectivity index (χ2v) is 20.7. The van der Waals surface area contributed by atoms with Crippen LogP contribution in [0.4, 0.5) is 33.3 Å². The molecule has 7 rings (SSSR count). The summed E-state index contributed by atoms with van der Waals surface area (Å²) in [5.41, 5.74) is -1.34. The van der Waals surface area contributed by atoms with E-state index in [1.807, 2.05) is 58.0 Å². The standard InChI is InChI=1S/C53H52F5N9O6S2/c1-30-45(75-29-63-30)32-13-11-31(12-14-32)26-62-47(69)39-10-9-19-65(39)48(70)46(51(2,3)4)64-41(68)28-72-20-7-8-21-73-40-18-16-33(22-35(40)25-60)44-37(54)23-36(27-61-44)67-50(74)66(49(71)52(67,5)6)38-17-15-34(24-59)42(43(38)55)53(56,57)58/h11-18,22-23,27,29,39,46H,7-10,19-21,26,28H2,1-6H3,(H,62,69)(H,64,68). The van der Waals surface area contributed by atoms with Gasteiger partial charge in [0.25, 0.3) is 5.91 Å². The zero-order valence-corrected chi connectivity index (χ0v) is 43.4.